The van der Waals surface area contributed by atoms with Crippen LogP contribution in [0.2, 0.25) is 0 Å². The van der Waals surface area contributed by atoms with Crippen molar-refractivity contribution in [1.82, 2.24) is 4.90 Å². The molecule has 7 nitrogen and oxygen atoms in total. The Kier molecular flexibility index (Phi) is 6.71. The molecule has 0 N–H and O–H groups in total. The van der Waals surface area contributed by atoms with E-state index >= 15 is 0 Å². The zero-order valence-electron chi connectivity index (χ0n) is 14.7. The number of benzene rings is 1. The Hall–Kier alpha value is -2.00. The van der Waals surface area contributed by atoms with E-state index in [1.807, 2.05) is 0 Å². The van der Waals surface area contributed by atoms with Crippen molar-refractivity contribution in [1.29, 1.82) is 0 Å². The van der Waals surface area contributed by atoms with Crippen LogP contribution in [0.1, 0.15) is 19.4 Å². The molecule has 9 heteroatoms. The number of imide groups is 1. The monoisotopic (exact) mass is 443 g/mol. The molecule has 1 aromatic rings. The molecule has 1 fully saturated rings. The SMILES string of the molecule is COc1cc(Br)c(/C=C2\SC(=O)N(CC(=O)OC(C)C)C2=O)cc1OC. The highest BCUT2D eigenvalue weighted by Crippen LogP contribution is 2.37. The van der Waals surface area contributed by atoms with Crippen LogP contribution in [-0.2, 0) is 14.3 Å². The number of rotatable bonds is 6. The molecule has 0 aliphatic carbocycles. The Morgan fingerprint density at radius 3 is 2.42 bits per heavy atom. The minimum absolute atomic E-state index is 0.209. The van der Waals surface area contributed by atoms with Crippen molar-refractivity contribution in [2.45, 2.75) is 20.0 Å². The predicted molar refractivity (Wildman–Crippen MR) is 101 cm³/mol. The zero-order valence-corrected chi connectivity index (χ0v) is 17.1. The molecule has 0 saturated carbocycles. The first-order chi connectivity index (χ1) is 12.3. The van der Waals surface area contributed by atoms with Gasteiger partial charge in [0.15, 0.2) is 11.5 Å². The number of hydrogen-bond acceptors (Lipinski definition) is 7. The molecule has 1 aromatic carbocycles. The van der Waals surface area contributed by atoms with Crippen molar-refractivity contribution >= 4 is 50.9 Å². The number of nitrogens with zero attached hydrogens (tertiary/aromatic N) is 1. The highest BCUT2D eigenvalue weighted by atomic mass is 79.9. The van der Waals surface area contributed by atoms with Gasteiger partial charge in [-0.05, 0) is 49.4 Å². The van der Waals surface area contributed by atoms with E-state index in [4.69, 9.17) is 14.2 Å². The summed E-state index contributed by atoms with van der Waals surface area (Å²) in [4.78, 5) is 37.4. The third-order valence-electron chi connectivity index (χ3n) is 3.32. The average Bonchev–Trinajstić information content (AvgIpc) is 2.83. The van der Waals surface area contributed by atoms with E-state index < -0.39 is 23.7 Å². The minimum Gasteiger partial charge on any atom is -0.493 e. The molecule has 0 radical (unpaired) electrons. The minimum atomic E-state index is -0.629. The maximum absolute atomic E-state index is 12.5. The fourth-order valence-corrected chi connectivity index (χ4v) is 3.45. The first kappa shape index (κ1) is 20.3. The molecule has 2 rings (SSSR count). The molecule has 0 spiro atoms. The van der Waals surface area contributed by atoms with Crippen LogP contribution >= 0.6 is 27.7 Å². The summed E-state index contributed by atoms with van der Waals surface area (Å²) in [6.07, 6.45) is 1.24. The number of carbonyl (C=O) groups is 3. The molecule has 0 atom stereocenters. The second-order valence-corrected chi connectivity index (χ2v) is 7.38. The van der Waals surface area contributed by atoms with E-state index in [0.717, 1.165) is 16.7 Å². The highest BCUT2D eigenvalue weighted by Gasteiger charge is 2.37. The van der Waals surface area contributed by atoms with Gasteiger partial charge in [0.05, 0.1) is 25.2 Å². The third-order valence-corrected chi connectivity index (χ3v) is 4.91. The van der Waals surface area contributed by atoms with Crippen LogP contribution in [0, 0.1) is 0 Å². The predicted octanol–water partition coefficient (Wildman–Crippen LogP) is 3.45. The summed E-state index contributed by atoms with van der Waals surface area (Å²) < 4.78 is 16.1. The molecule has 2 amide bonds. The van der Waals surface area contributed by atoms with E-state index in [9.17, 15) is 14.4 Å². The molecular formula is C17H18BrNO6S. The van der Waals surface area contributed by atoms with Crippen molar-refractivity contribution in [2.24, 2.45) is 0 Å². The fourth-order valence-electron chi connectivity index (χ4n) is 2.19. The second-order valence-electron chi connectivity index (χ2n) is 5.54. The number of methoxy groups -OCH3 is 2. The van der Waals surface area contributed by atoms with Gasteiger partial charge in [0.2, 0.25) is 0 Å². The van der Waals surface area contributed by atoms with E-state index in [0.29, 0.717) is 21.5 Å². The Bertz CT molecular complexity index is 777. The van der Waals surface area contributed by atoms with Gasteiger partial charge in [-0.1, -0.05) is 15.9 Å². The molecular weight excluding hydrogens is 426 g/mol. The number of ether oxygens (including phenoxy) is 3. The van der Waals surface area contributed by atoms with Gasteiger partial charge in [-0.25, -0.2) is 0 Å². The molecule has 0 bridgehead atoms. The van der Waals surface area contributed by atoms with Gasteiger partial charge in [0.1, 0.15) is 6.54 Å². The number of halogens is 1. The van der Waals surface area contributed by atoms with Gasteiger partial charge in [-0.15, -0.1) is 0 Å². The summed E-state index contributed by atoms with van der Waals surface area (Å²) in [6, 6.07) is 3.39. The molecule has 1 heterocycles. The van der Waals surface area contributed by atoms with E-state index in [2.05, 4.69) is 15.9 Å². The summed E-state index contributed by atoms with van der Waals surface area (Å²) in [7, 11) is 3.02. The number of hydrogen-bond donors (Lipinski definition) is 0. The normalized spacial score (nSPS) is 15.8. The van der Waals surface area contributed by atoms with Gasteiger partial charge < -0.3 is 14.2 Å². The summed E-state index contributed by atoms with van der Waals surface area (Å²) in [5.74, 6) is -0.152. The topological polar surface area (TPSA) is 82.1 Å². The maximum Gasteiger partial charge on any atom is 0.326 e. The maximum atomic E-state index is 12.5. The standard InChI is InChI=1S/C17H18BrNO6S/c1-9(2)25-15(20)8-19-16(21)14(26-17(19)22)6-10-5-12(23-3)13(24-4)7-11(10)18/h5-7,9H,8H2,1-4H3/b14-6-. The quantitative estimate of drug-likeness (QED) is 0.491. The average molecular weight is 444 g/mol. The smallest absolute Gasteiger partial charge is 0.326 e. The number of amides is 2. The van der Waals surface area contributed by atoms with Crippen molar-refractivity contribution in [3.8, 4) is 11.5 Å². The molecule has 26 heavy (non-hydrogen) atoms. The zero-order chi connectivity index (χ0) is 19.4. The fraction of sp³-hybridized carbons (Fsp3) is 0.353. The van der Waals surface area contributed by atoms with Crippen LogP contribution in [0.5, 0.6) is 11.5 Å². The highest BCUT2D eigenvalue weighted by molar-refractivity contribution is 9.10. The lowest BCUT2D eigenvalue weighted by Gasteiger charge is -2.13. The summed E-state index contributed by atoms with van der Waals surface area (Å²) in [5, 5.41) is -0.515. The number of thioether (sulfide) groups is 1. The summed E-state index contributed by atoms with van der Waals surface area (Å²) >= 11 is 4.17. The number of esters is 1. The lowest BCUT2D eigenvalue weighted by molar-refractivity contribution is -0.149. The van der Waals surface area contributed by atoms with Crippen molar-refractivity contribution in [2.75, 3.05) is 20.8 Å². The van der Waals surface area contributed by atoms with Gasteiger partial charge in [-0.3, -0.25) is 19.3 Å². The molecule has 1 aliphatic rings. The van der Waals surface area contributed by atoms with E-state index in [-0.39, 0.29) is 11.0 Å². The third kappa shape index (κ3) is 4.59. The largest absolute Gasteiger partial charge is 0.493 e. The summed E-state index contributed by atoms with van der Waals surface area (Å²) in [6.45, 7) is 2.98. The van der Waals surface area contributed by atoms with Gasteiger partial charge in [0.25, 0.3) is 11.1 Å². The van der Waals surface area contributed by atoms with Gasteiger partial charge in [-0.2, -0.15) is 0 Å². The van der Waals surface area contributed by atoms with Crippen LogP contribution in [0.25, 0.3) is 6.08 Å². The Morgan fingerprint density at radius 2 is 1.85 bits per heavy atom. The van der Waals surface area contributed by atoms with E-state index in [1.165, 1.54) is 14.2 Å². The van der Waals surface area contributed by atoms with Gasteiger partial charge >= 0.3 is 5.97 Å². The number of carbonyl (C=O) groups excluding carboxylic acids is 3. The Labute approximate surface area is 163 Å². The van der Waals surface area contributed by atoms with Crippen LogP contribution in [0.4, 0.5) is 4.79 Å². The van der Waals surface area contributed by atoms with Crippen LogP contribution in [0.3, 0.4) is 0 Å². The lowest BCUT2D eigenvalue weighted by Crippen LogP contribution is -2.35. The first-order valence-corrected chi connectivity index (χ1v) is 9.24. The van der Waals surface area contributed by atoms with E-state index in [1.54, 1.807) is 32.1 Å². The molecule has 1 aliphatic heterocycles. The molecule has 0 unspecified atom stereocenters. The molecule has 1 saturated heterocycles. The van der Waals surface area contributed by atoms with Crippen molar-refractivity contribution in [3.63, 3.8) is 0 Å². The Balaban J connectivity index is 2.26. The van der Waals surface area contributed by atoms with Crippen molar-refractivity contribution in [3.05, 3.63) is 27.1 Å². The molecule has 0 aromatic heterocycles. The molecule has 140 valence electrons. The van der Waals surface area contributed by atoms with Crippen LogP contribution in [0.15, 0.2) is 21.5 Å². The van der Waals surface area contributed by atoms with Gasteiger partial charge in [0, 0.05) is 4.47 Å². The van der Waals surface area contributed by atoms with Crippen LogP contribution < -0.4 is 9.47 Å². The van der Waals surface area contributed by atoms with Crippen LogP contribution in [-0.4, -0.2) is 48.9 Å². The van der Waals surface area contributed by atoms with Crippen molar-refractivity contribution < 1.29 is 28.6 Å². The first-order valence-electron chi connectivity index (χ1n) is 7.63. The lowest BCUT2D eigenvalue weighted by atomic mass is 10.2. The summed E-state index contributed by atoms with van der Waals surface area (Å²) in [5.41, 5.74) is 0.637. The second kappa shape index (κ2) is 8.59. The Morgan fingerprint density at radius 1 is 1.23 bits per heavy atom.